The van der Waals surface area contributed by atoms with Gasteiger partial charge in [-0.25, -0.2) is 0 Å². The van der Waals surface area contributed by atoms with E-state index in [4.69, 9.17) is 28.3 Å². The first-order chi connectivity index (χ1) is 5.06. The highest BCUT2D eigenvalue weighted by atomic mass is 35.5. The fraction of sp³-hybridized carbons (Fsp3) is 1.00. The lowest BCUT2D eigenvalue weighted by Crippen LogP contribution is -2.25. The van der Waals surface area contributed by atoms with Crippen molar-refractivity contribution in [2.45, 2.75) is 10.8 Å². The smallest absolute Gasteiger partial charge is 0.122 e. The molecule has 11 heavy (non-hydrogen) atoms. The quantitative estimate of drug-likeness (QED) is 0.684. The maximum atomic E-state index is 8.59. The third-order valence-corrected chi connectivity index (χ3v) is 2.90. The van der Waals surface area contributed by atoms with Crippen molar-refractivity contribution >= 4 is 23.2 Å². The molecule has 1 aliphatic rings. The molecule has 0 aromatic carbocycles. The van der Waals surface area contributed by atoms with Gasteiger partial charge in [0.15, 0.2) is 0 Å². The second kappa shape index (κ2) is 3.48. The zero-order chi connectivity index (χ0) is 8.48. The van der Waals surface area contributed by atoms with E-state index in [0.717, 1.165) is 13.0 Å². The van der Waals surface area contributed by atoms with E-state index in [0.29, 0.717) is 12.5 Å². The summed E-state index contributed by atoms with van der Waals surface area (Å²) in [4.78, 5) is 2.04. The number of alkyl halides is 2. The predicted molar refractivity (Wildman–Crippen MR) is 47.1 cm³/mol. The fourth-order valence-electron chi connectivity index (χ4n) is 1.11. The first kappa shape index (κ1) is 9.59. The Hall–Kier alpha value is 0.500. The summed E-state index contributed by atoms with van der Waals surface area (Å²) < 4.78 is -0.482. The van der Waals surface area contributed by atoms with Gasteiger partial charge in [-0.2, -0.15) is 0 Å². The maximum Gasteiger partial charge on any atom is 0.122 e. The molecule has 1 aliphatic carbocycles. The lowest BCUT2D eigenvalue weighted by atomic mass is 10.4. The second-order valence-electron chi connectivity index (χ2n) is 3.15. The van der Waals surface area contributed by atoms with Crippen molar-refractivity contribution in [3.63, 3.8) is 0 Å². The standard InChI is InChI=1S/C7H13Cl2NO/c1-10(2-3-11)5-6-4-7(6,8)9/h6,11H,2-5H2,1H3. The molecular weight excluding hydrogens is 185 g/mol. The molecule has 1 fully saturated rings. The molecule has 0 aromatic heterocycles. The van der Waals surface area contributed by atoms with Gasteiger partial charge in [-0.05, 0) is 13.5 Å². The zero-order valence-corrected chi connectivity index (χ0v) is 8.07. The molecule has 1 saturated carbocycles. The van der Waals surface area contributed by atoms with Crippen LogP contribution >= 0.6 is 23.2 Å². The molecule has 0 bridgehead atoms. The van der Waals surface area contributed by atoms with Gasteiger partial charge >= 0.3 is 0 Å². The van der Waals surface area contributed by atoms with Crippen LogP contribution in [-0.4, -0.2) is 41.1 Å². The van der Waals surface area contributed by atoms with Crippen LogP contribution in [0, 0.1) is 5.92 Å². The third kappa shape index (κ3) is 2.79. The van der Waals surface area contributed by atoms with Crippen LogP contribution in [-0.2, 0) is 0 Å². The summed E-state index contributed by atoms with van der Waals surface area (Å²) in [7, 11) is 1.96. The number of likely N-dealkylation sites (N-methyl/N-ethyl adjacent to an activating group) is 1. The van der Waals surface area contributed by atoms with E-state index in [9.17, 15) is 0 Å². The van der Waals surface area contributed by atoms with Crippen molar-refractivity contribution in [3.8, 4) is 0 Å². The van der Waals surface area contributed by atoms with E-state index in [-0.39, 0.29) is 6.61 Å². The Kier molecular flexibility index (Phi) is 3.03. The van der Waals surface area contributed by atoms with Gasteiger partial charge in [0.2, 0.25) is 0 Å². The number of nitrogens with zero attached hydrogens (tertiary/aromatic N) is 1. The van der Waals surface area contributed by atoms with Crippen LogP contribution in [0.15, 0.2) is 0 Å². The van der Waals surface area contributed by atoms with Crippen LogP contribution in [0.2, 0.25) is 0 Å². The molecule has 0 radical (unpaired) electrons. The van der Waals surface area contributed by atoms with Gasteiger partial charge in [-0.3, -0.25) is 0 Å². The minimum Gasteiger partial charge on any atom is -0.395 e. The molecule has 1 unspecified atom stereocenters. The monoisotopic (exact) mass is 197 g/mol. The molecule has 1 N–H and O–H groups in total. The Bertz CT molecular complexity index is 140. The molecule has 1 atom stereocenters. The normalized spacial score (nSPS) is 27.5. The Morgan fingerprint density at radius 2 is 2.18 bits per heavy atom. The Balaban J connectivity index is 2.13. The molecule has 0 aliphatic heterocycles. The van der Waals surface area contributed by atoms with Crippen LogP contribution < -0.4 is 0 Å². The lowest BCUT2D eigenvalue weighted by molar-refractivity contribution is 0.217. The summed E-state index contributed by atoms with van der Waals surface area (Å²) in [6.45, 7) is 1.77. The molecule has 0 amide bonds. The van der Waals surface area contributed by atoms with Crippen LogP contribution in [0.4, 0.5) is 0 Å². The van der Waals surface area contributed by atoms with E-state index in [1.54, 1.807) is 0 Å². The van der Waals surface area contributed by atoms with Gasteiger partial charge < -0.3 is 10.0 Å². The largest absolute Gasteiger partial charge is 0.395 e. The zero-order valence-electron chi connectivity index (χ0n) is 6.56. The number of hydrogen-bond donors (Lipinski definition) is 1. The van der Waals surface area contributed by atoms with Crippen molar-refractivity contribution in [3.05, 3.63) is 0 Å². The summed E-state index contributed by atoms with van der Waals surface area (Å²) in [5.74, 6) is 0.391. The molecule has 2 nitrogen and oxygen atoms in total. The molecule has 0 heterocycles. The number of halogens is 2. The molecule has 0 saturated heterocycles. The van der Waals surface area contributed by atoms with E-state index in [1.807, 2.05) is 11.9 Å². The fourth-order valence-corrected chi connectivity index (χ4v) is 1.62. The highest BCUT2D eigenvalue weighted by molar-refractivity contribution is 6.50. The third-order valence-electron chi connectivity index (χ3n) is 1.97. The topological polar surface area (TPSA) is 23.5 Å². The second-order valence-corrected chi connectivity index (χ2v) is 4.69. The molecule has 66 valence electrons. The molecular formula is C7H13Cl2NO. The molecule has 4 heteroatoms. The summed E-state index contributed by atoms with van der Waals surface area (Å²) in [5.41, 5.74) is 0. The summed E-state index contributed by atoms with van der Waals surface area (Å²) >= 11 is 11.7. The SMILES string of the molecule is CN(CCO)CC1CC1(Cl)Cl. The average Bonchev–Trinajstić information content (AvgIpc) is 2.39. The van der Waals surface area contributed by atoms with Gasteiger partial charge in [-0.1, -0.05) is 0 Å². The van der Waals surface area contributed by atoms with Gasteiger partial charge in [0, 0.05) is 19.0 Å². The molecule has 0 spiro atoms. The lowest BCUT2D eigenvalue weighted by Gasteiger charge is -2.14. The summed E-state index contributed by atoms with van der Waals surface area (Å²) in [6, 6.07) is 0. The maximum absolute atomic E-state index is 8.59. The van der Waals surface area contributed by atoms with Crippen molar-refractivity contribution in [1.82, 2.24) is 4.90 Å². The van der Waals surface area contributed by atoms with Gasteiger partial charge in [0.1, 0.15) is 4.33 Å². The molecule has 0 aromatic rings. The van der Waals surface area contributed by atoms with Crippen molar-refractivity contribution in [2.75, 3.05) is 26.7 Å². The van der Waals surface area contributed by atoms with Crippen LogP contribution in [0.1, 0.15) is 6.42 Å². The highest BCUT2D eigenvalue weighted by Gasteiger charge is 2.51. The number of aliphatic hydroxyl groups excluding tert-OH is 1. The molecule has 1 rings (SSSR count). The first-order valence-electron chi connectivity index (χ1n) is 3.73. The summed E-state index contributed by atoms with van der Waals surface area (Å²) in [6.07, 6.45) is 0.881. The van der Waals surface area contributed by atoms with Gasteiger partial charge in [0.05, 0.1) is 6.61 Å². The van der Waals surface area contributed by atoms with E-state index in [2.05, 4.69) is 0 Å². The van der Waals surface area contributed by atoms with Gasteiger partial charge in [-0.15, -0.1) is 23.2 Å². The van der Waals surface area contributed by atoms with Crippen LogP contribution in [0.5, 0.6) is 0 Å². The number of rotatable bonds is 4. The van der Waals surface area contributed by atoms with Crippen LogP contribution in [0.3, 0.4) is 0 Å². The van der Waals surface area contributed by atoms with Crippen molar-refractivity contribution < 1.29 is 5.11 Å². The Morgan fingerprint density at radius 1 is 1.64 bits per heavy atom. The summed E-state index contributed by atoms with van der Waals surface area (Å²) in [5, 5.41) is 8.59. The minimum atomic E-state index is -0.482. The van der Waals surface area contributed by atoms with Crippen molar-refractivity contribution in [2.24, 2.45) is 5.92 Å². The highest BCUT2D eigenvalue weighted by Crippen LogP contribution is 2.53. The van der Waals surface area contributed by atoms with Gasteiger partial charge in [0.25, 0.3) is 0 Å². The Morgan fingerprint density at radius 3 is 2.55 bits per heavy atom. The Labute approximate surface area is 77.1 Å². The van der Waals surface area contributed by atoms with E-state index >= 15 is 0 Å². The minimum absolute atomic E-state index is 0.195. The van der Waals surface area contributed by atoms with Crippen LogP contribution in [0.25, 0.3) is 0 Å². The van der Waals surface area contributed by atoms with E-state index in [1.165, 1.54) is 0 Å². The average molecular weight is 198 g/mol. The number of aliphatic hydroxyl groups is 1. The van der Waals surface area contributed by atoms with E-state index < -0.39 is 4.33 Å². The predicted octanol–water partition coefficient (Wildman–Crippen LogP) is 1.10. The van der Waals surface area contributed by atoms with Crippen molar-refractivity contribution in [1.29, 1.82) is 0 Å². The first-order valence-corrected chi connectivity index (χ1v) is 4.49. The number of hydrogen-bond acceptors (Lipinski definition) is 2.